The van der Waals surface area contributed by atoms with Crippen molar-refractivity contribution in [1.29, 1.82) is 0 Å². The first-order valence-electron chi connectivity index (χ1n) is 6.47. The molecule has 1 atom stereocenters. The van der Waals surface area contributed by atoms with Gasteiger partial charge in [0.2, 0.25) is 10.0 Å². The molecule has 7 nitrogen and oxygen atoms in total. The molecule has 2 rings (SSSR count). The molecule has 1 aliphatic heterocycles. The van der Waals surface area contributed by atoms with E-state index in [4.69, 9.17) is 9.84 Å². The Labute approximate surface area is 117 Å². The maximum Gasteiger partial charge on any atom is 0.352 e. The van der Waals surface area contributed by atoms with E-state index in [1.165, 1.54) is 16.8 Å². The second-order valence-electron chi connectivity index (χ2n) is 4.74. The highest BCUT2D eigenvalue weighted by molar-refractivity contribution is 7.89. The molecule has 2 N–H and O–H groups in total. The second-order valence-corrected chi connectivity index (χ2v) is 6.46. The fourth-order valence-corrected chi connectivity index (χ4v) is 3.44. The van der Waals surface area contributed by atoms with Gasteiger partial charge in [-0.25, -0.2) is 17.9 Å². The van der Waals surface area contributed by atoms with Gasteiger partial charge in [0.1, 0.15) is 10.6 Å². The minimum absolute atomic E-state index is 0.0183. The highest BCUT2D eigenvalue weighted by atomic mass is 32.2. The molecule has 1 aromatic heterocycles. The van der Waals surface area contributed by atoms with Gasteiger partial charge in [0.25, 0.3) is 0 Å². The minimum Gasteiger partial charge on any atom is -0.477 e. The van der Waals surface area contributed by atoms with E-state index in [1.54, 1.807) is 0 Å². The lowest BCUT2D eigenvalue weighted by molar-refractivity contribution is 0.0685. The fourth-order valence-electron chi connectivity index (χ4n) is 2.15. The molecule has 0 bridgehead atoms. The Balaban J connectivity index is 2.26. The number of aryl methyl sites for hydroxylation is 1. The average molecular weight is 302 g/mol. The molecule has 8 heteroatoms. The lowest BCUT2D eigenvalue weighted by atomic mass is 10.3. The summed E-state index contributed by atoms with van der Waals surface area (Å²) in [5.41, 5.74) is -0.0186. The third kappa shape index (κ3) is 3.20. The van der Waals surface area contributed by atoms with Crippen molar-refractivity contribution in [2.24, 2.45) is 0 Å². The van der Waals surface area contributed by atoms with E-state index in [-0.39, 0.29) is 16.6 Å². The summed E-state index contributed by atoms with van der Waals surface area (Å²) in [4.78, 5) is 11.1. The summed E-state index contributed by atoms with van der Waals surface area (Å²) in [7, 11) is -3.71. The molecule has 2 heterocycles. The largest absolute Gasteiger partial charge is 0.477 e. The van der Waals surface area contributed by atoms with Gasteiger partial charge in [-0.2, -0.15) is 0 Å². The molecule has 1 aliphatic rings. The minimum atomic E-state index is -3.71. The number of rotatable bonds is 6. The first-order chi connectivity index (χ1) is 9.44. The highest BCUT2D eigenvalue weighted by Gasteiger charge is 2.26. The fraction of sp³-hybridized carbons (Fsp3) is 0.583. The molecule has 0 saturated carbocycles. The Hall–Kier alpha value is -1.38. The lowest BCUT2D eigenvalue weighted by Gasteiger charge is -2.09. The molecular weight excluding hydrogens is 284 g/mol. The van der Waals surface area contributed by atoms with Crippen molar-refractivity contribution < 1.29 is 23.1 Å². The summed E-state index contributed by atoms with van der Waals surface area (Å²) >= 11 is 0. The number of carboxylic acid groups (broad SMARTS) is 1. The molecule has 0 amide bonds. The Morgan fingerprint density at radius 2 is 2.35 bits per heavy atom. The quantitative estimate of drug-likeness (QED) is 0.804. The molecule has 0 spiro atoms. The van der Waals surface area contributed by atoms with Crippen molar-refractivity contribution in [2.45, 2.75) is 37.2 Å². The van der Waals surface area contributed by atoms with Crippen LogP contribution < -0.4 is 4.72 Å². The summed E-state index contributed by atoms with van der Waals surface area (Å²) in [5, 5.41) is 9.10. The van der Waals surface area contributed by atoms with Gasteiger partial charge >= 0.3 is 5.97 Å². The summed E-state index contributed by atoms with van der Waals surface area (Å²) in [5.74, 6) is -1.14. The predicted octanol–water partition coefficient (Wildman–Crippen LogP) is 0.663. The highest BCUT2D eigenvalue weighted by Crippen LogP contribution is 2.17. The average Bonchev–Trinajstić information content (AvgIpc) is 2.98. The molecule has 1 unspecified atom stereocenters. The van der Waals surface area contributed by atoms with Crippen molar-refractivity contribution in [3.05, 3.63) is 18.0 Å². The van der Waals surface area contributed by atoms with Gasteiger partial charge in [0.15, 0.2) is 0 Å². The number of aromatic carboxylic acids is 1. The van der Waals surface area contributed by atoms with Gasteiger partial charge in [-0.3, -0.25) is 0 Å². The van der Waals surface area contributed by atoms with Crippen LogP contribution in [0.25, 0.3) is 0 Å². The van der Waals surface area contributed by atoms with E-state index in [1.807, 2.05) is 6.92 Å². The van der Waals surface area contributed by atoms with E-state index >= 15 is 0 Å². The number of aromatic nitrogens is 1. The third-order valence-corrected chi connectivity index (χ3v) is 4.60. The number of nitrogens with zero attached hydrogens (tertiary/aromatic N) is 1. The van der Waals surface area contributed by atoms with E-state index in [0.29, 0.717) is 26.2 Å². The SMILES string of the molecule is CCCn1cc(S(=O)(=O)NC2CCOC2)cc1C(=O)O. The smallest absolute Gasteiger partial charge is 0.352 e. The first-order valence-corrected chi connectivity index (χ1v) is 7.96. The van der Waals surface area contributed by atoms with E-state index in [9.17, 15) is 13.2 Å². The van der Waals surface area contributed by atoms with Crippen molar-refractivity contribution in [3.8, 4) is 0 Å². The number of sulfonamides is 1. The summed E-state index contributed by atoms with van der Waals surface area (Å²) in [6.45, 7) is 3.24. The van der Waals surface area contributed by atoms with Crippen LogP contribution in [-0.4, -0.2) is 43.3 Å². The predicted molar refractivity (Wildman–Crippen MR) is 71.2 cm³/mol. The summed E-state index contributed by atoms with van der Waals surface area (Å²) < 4.78 is 33.5. The number of carboxylic acids is 1. The third-order valence-electron chi connectivity index (χ3n) is 3.12. The molecule has 1 aromatic rings. The monoisotopic (exact) mass is 302 g/mol. The van der Waals surface area contributed by atoms with Crippen LogP contribution in [0.15, 0.2) is 17.2 Å². The van der Waals surface area contributed by atoms with Crippen LogP contribution >= 0.6 is 0 Å². The molecule has 20 heavy (non-hydrogen) atoms. The summed E-state index contributed by atoms with van der Waals surface area (Å²) in [6.07, 6.45) is 2.71. The van der Waals surface area contributed by atoms with Crippen LogP contribution in [0.4, 0.5) is 0 Å². The van der Waals surface area contributed by atoms with Crippen LogP contribution in [-0.2, 0) is 21.3 Å². The topological polar surface area (TPSA) is 97.6 Å². The standard InChI is InChI=1S/C12H18N2O5S/c1-2-4-14-7-10(6-11(14)12(15)16)20(17,18)13-9-3-5-19-8-9/h6-7,9,13H,2-5,8H2,1H3,(H,15,16). The normalized spacial score (nSPS) is 19.4. The Bertz CT molecular complexity index is 587. The van der Waals surface area contributed by atoms with Crippen molar-refractivity contribution in [1.82, 2.24) is 9.29 Å². The number of nitrogens with one attached hydrogen (secondary N) is 1. The van der Waals surface area contributed by atoms with Gasteiger partial charge in [0, 0.05) is 25.4 Å². The van der Waals surface area contributed by atoms with Crippen LogP contribution in [0.3, 0.4) is 0 Å². The Morgan fingerprint density at radius 1 is 1.60 bits per heavy atom. The first kappa shape index (κ1) is 15.0. The van der Waals surface area contributed by atoms with Gasteiger partial charge in [-0.1, -0.05) is 6.92 Å². The van der Waals surface area contributed by atoms with E-state index < -0.39 is 16.0 Å². The molecule has 0 radical (unpaired) electrons. The molecule has 0 aromatic carbocycles. The van der Waals surface area contributed by atoms with E-state index in [2.05, 4.69) is 4.72 Å². The van der Waals surface area contributed by atoms with Gasteiger partial charge in [0.05, 0.1) is 6.61 Å². The lowest BCUT2D eigenvalue weighted by Crippen LogP contribution is -2.34. The molecule has 112 valence electrons. The van der Waals surface area contributed by atoms with Crippen LogP contribution in [0.5, 0.6) is 0 Å². The van der Waals surface area contributed by atoms with Crippen molar-refractivity contribution >= 4 is 16.0 Å². The van der Waals surface area contributed by atoms with Crippen molar-refractivity contribution in [2.75, 3.05) is 13.2 Å². The van der Waals surface area contributed by atoms with Crippen LogP contribution in [0, 0.1) is 0 Å². The molecular formula is C12H18N2O5S. The zero-order chi connectivity index (χ0) is 14.8. The number of hydrogen-bond acceptors (Lipinski definition) is 4. The maximum atomic E-state index is 12.2. The number of carbonyl (C=O) groups is 1. The number of hydrogen-bond donors (Lipinski definition) is 2. The van der Waals surface area contributed by atoms with Gasteiger partial charge in [-0.15, -0.1) is 0 Å². The number of ether oxygens (including phenoxy) is 1. The molecule has 1 saturated heterocycles. The molecule has 0 aliphatic carbocycles. The maximum absolute atomic E-state index is 12.2. The Kier molecular flexibility index (Phi) is 4.46. The summed E-state index contributed by atoms with van der Waals surface area (Å²) in [6, 6.07) is 0.943. The van der Waals surface area contributed by atoms with Crippen molar-refractivity contribution in [3.63, 3.8) is 0 Å². The Morgan fingerprint density at radius 3 is 2.90 bits per heavy atom. The van der Waals surface area contributed by atoms with Gasteiger partial charge in [-0.05, 0) is 18.9 Å². The van der Waals surface area contributed by atoms with Crippen LogP contribution in [0.2, 0.25) is 0 Å². The van der Waals surface area contributed by atoms with Gasteiger partial charge < -0.3 is 14.4 Å². The van der Waals surface area contributed by atoms with E-state index in [0.717, 1.165) is 6.42 Å². The molecule has 1 fully saturated rings. The van der Waals surface area contributed by atoms with Crippen LogP contribution in [0.1, 0.15) is 30.3 Å². The zero-order valence-electron chi connectivity index (χ0n) is 11.2. The second kappa shape index (κ2) is 5.94. The zero-order valence-corrected chi connectivity index (χ0v) is 12.0.